The van der Waals surface area contributed by atoms with Gasteiger partial charge in [0.05, 0.1) is 5.56 Å². The van der Waals surface area contributed by atoms with Crippen molar-refractivity contribution < 1.29 is 34.9 Å². The molecule has 0 aliphatic carbocycles. The first-order chi connectivity index (χ1) is 13.3. The van der Waals surface area contributed by atoms with Crippen molar-refractivity contribution in [2.45, 2.75) is 24.9 Å². The molecule has 1 aromatic heterocycles. The number of aryl methyl sites for hydroxylation is 2. The smallest absolute Gasteiger partial charge is 0.350 e. The summed E-state index contributed by atoms with van der Waals surface area (Å²) in [6, 6.07) is 5.71. The Labute approximate surface area is 162 Å². The van der Waals surface area contributed by atoms with Gasteiger partial charge in [-0.2, -0.15) is 13.2 Å². The topological polar surface area (TPSA) is 86.2 Å². The van der Waals surface area contributed by atoms with E-state index in [1.165, 1.54) is 12.1 Å². The molecule has 0 saturated heterocycles. The summed E-state index contributed by atoms with van der Waals surface area (Å²) in [6.45, 7) is 3.42. The maximum atomic E-state index is 14.3. The molecule has 0 fully saturated rings. The van der Waals surface area contributed by atoms with Crippen molar-refractivity contribution in [3.8, 4) is 22.4 Å². The Bertz CT molecular complexity index is 1170. The van der Waals surface area contributed by atoms with Crippen LogP contribution in [0.3, 0.4) is 0 Å². The highest BCUT2D eigenvalue weighted by Gasteiger charge is 2.41. The zero-order valence-electron chi connectivity index (χ0n) is 14.9. The summed E-state index contributed by atoms with van der Waals surface area (Å²) in [5.74, 6) is -4.85. The van der Waals surface area contributed by atoms with Crippen molar-refractivity contribution in [1.82, 2.24) is 5.16 Å². The number of nitrogens with two attached hydrogens (primary N) is 1. The molecule has 5 nitrogen and oxygen atoms in total. The van der Waals surface area contributed by atoms with Gasteiger partial charge in [0.15, 0.2) is 4.90 Å². The number of nitrogens with zero attached hydrogens (tertiary/aromatic N) is 1. The molecule has 3 rings (SSSR count). The molecule has 11 heteroatoms. The number of hydrogen-bond donors (Lipinski definition) is 1. The fraction of sp³-hybridized carbons (Fsp3) is 0.167. The molecule has 1 heterocycles. The van der Waals surface area contributed by atoms with Gasteiger partial charge in [0, 0.05) is 5.56 Å². The van der Waals surface area contributed by atoms with Crippen LogP contribution in [-0.4, -0.2) is 13.6 Å². The Hall–Kier alpha value is -2.79. The number of alkyl halides is 3. The second kappa shape index (κ2) is 6.92. The van der Waals surface area contributed by atoms with Gasteiger partial charge in [-0.05, 0) is 43.7 Å². The quantitative estimate of drug-likeness (QED) is 0.615. The molecular formula is C18H13F5N2O3S. The second-order valence-electron chi connectivity index (χ2n) is 6.42. The number of aromatic nitrogens is 1. The van der Waals surface area contributed by atoms with Crippen LogP contribution in [0.1, 0.15) is 16.9 Å². The Morgan fingerprint density at radius 3 is 1.90 bits per heavy atom. The first-order valence-corrected chi connectivity index (χ1v) is 9.51. The zero-order chi connectivity index (χ0) is 21.7. The number of sulfonamides is 1. The minimum Gasteiger partial charge on any atom is -0.350 e. The SMILES string of the molecule is Cc1cc(C)cc(-c2noc(C(F)(F)F)c2-c2cc(F)c(S(N)(=O)=O)c(F)c2)c1. The predicted octanol–water partition coefficient (Wildman–Crippen LogP) is 4.57. The van der Waals surface area contributed by atoms with Crippen LogP contribution in [0.15, 0.2) is 39.8 Å². The van der Waals surface area contributed by atoms with Gasteiger partial charge in [-0.25, -0.2) is 22.3 Å². The maximum Gasteiger partial charge on any atom is 0.453 e. The van der Waals surface area contributed by atoms with E-state index in [9.17, 15) is 30.4 Å². The third-order valence-electron chi connectivity index (χ3n) is 4.02. The second-order valence-corrected chi connectivity index (χ2v) is 7.92. The lowest BCUT2D eigenvalue weighted by Gasteiger charge is -2.10. The number of hydrogen-bond acceptors (Lipinski definition) is 4. The van der Waals surface area contributed by atoms with Crippen molar-refractivity contribution in [2.75, 3.05) is 0 Å². The Morgan fingerprint density at radius 2 is 1.45 bits per heavy atom. The lowest BCUT2D eigenvalue weighted by Crippen LogP contribution is -2.16. The molecule has 0 spiro atoms. The van der Waals surface area contributed by atoms with Crippen molar-refractivity contribution in [2.24, 2.45) is 5.14 Å². The first-order valence-electron chi connectivity index (χ1n) is 7.97. The third-order valence-corrected chi connectivity index (χ3v) is 4.98. The minimum atomic E-state index is -5.02. The van der Waals surface area contributed by atoms with E-state index in [0.717, 1.165) is 0 Å². The predicted molar refractivity (Wildman–Crippen MR) is 93.1 cm³/mol. The summed E-state index contributed by atoms with van der Waals surface area (Å²) in [7, 11) is -4.77. The normalized spacial score (nSPS) is 12.4. The van der Waals surface area contributed by atoms with Gasteiger partial charge in [-0.1, -0.05) is 22.3 Å². The van der Waals surface area contributed by atoms with Crippen molar-refractivity contribution in [1.29, 1.82) is 0 Å². The van der Waals surface area contributed by atoms with E-state index in [1.54, 1.807) is 19.9 Å². The lowest BCUT2D eigenvalue weighted by molar-refractivity contribution is -0.154. The van der Waals surface area contributed by atoms with Crippen molar-refractivity contribution >= 4 is 10.0 Å². The Morgan fingerprint density at radius 1 is 0.931 bits per heavy atom. The van der Waals surface area contributed by atoms with E-state index >= 15 is 0 Å². The molecule has 3 aromatic rings. The fourth-order valence-corrected chi connectivity index (χ4v) is 3.70. The van der Waals surface area contributed by atoms with Crippen molar-refractivity contribution in [3.05, 3.63) is 58.9 Å². The number of benzene rings is 2. The van der Waals surface area contributed by atoms with E-state index < -0.39 is 49.6 Å². The molecule has 0 aliphatic heterocycles. The average molecular weight is 432 g/mol. The molecule has 2 aromatic carbocycles. The van der Waals surface area contributed by atoms with Crippen LogP contribution in [0.25, 0.3) is 22.4 Å². The Balaban J connectivity index is 2.35. The van der Waals surface area contributed by atoms with E-state index in [0.29, 0.717) is 23.3 Å². The molecular weight excluding hydrogens is 419 g/mol. The van der Waals surface area contributed by atoms with Gasteiger partial charge in [-0.3, -0.25) is 0 Å². The van der Waals surface area contributed by atoms with Crippen LogP contribution < -0.4 is 5.14 Å². The zero-order valence-corrected chi connectivity index (χ0v) is 15.8. The van der Waals surface area contributed by atoms with Gasteiger partial charge in [-0.15, -0.1) is 0 Å². The summed E-state index contributed by atoms with van der Waals surface area (Å²) in [6.07, 6.45) is -5.02. The summed E-state index contributed by atoms with van der Waals surface area (Å²) in [5.41, 5.74) is 0.0321. The average Bonchev–Trinajstić information content (AvgIpc) is 2.96. The summed E-state index contributed by atoms with van der Waals surface area (Å²) >= 11 is 0. The van der Waals surface area contributed by atoms with Gasteiger partial charge in [0.1, 0.15) is 17.3 Å². The lowest BCUT2D eigenvalue weighted by atomic mass is 9.96. The highest BCUT2D eigenvalue weighted by Crippen LogP contribution is 2.43. The summed E-state index contributed by atoms with van der Waals surface area (Å²) in [4.78, 5) is -1.45. The Kier molecular flexibility index (Phi) is 4.99. The van der Waals surface area contributed by atoms with E-state index in [-0.39, 0.29) is 11.3 Å². The largest absolute Gasteiger partial charge is 0.453 e. The molecule has 0 atom stereocenters. The third kappa shape index (κ3) is 4.01. The standard InChI is InChI=1S/C18H13F5N2O3S/c1-8-3-9(2)5-11(4-8)15-14(17(28-25-15)18(21,22)23)10-6-12(19)16(13(20)7-10)29(24,26)27/h3-7H,1-2H3,(H2,24,26,27). The first kappa shape index (κ1) is 20.9. The van der Waals surface area contributed by atoms with Crippen LogP contribution >= 0.6 is 0 Å². The van der Waals surface area contributed by atoms with Gasteiger partial charge in [0.25, 0.3) is 0 Å². The number of rotatable bonds is 3. The molecule has 0 saturated carbocycles. The highest BCUT2D eigenvalue weighted by molar-refractivity contribution is 7.89. The van der Waals surface area contributed by atoms with E-state index in [4.69, 9.17) is 5.14 Å². The van der Waals surface area contributed by atoms with E-state index in [1.807, 2.05) is 0 Å². The monoisotopic (exact) mass is 432 g/mol. The minimum absolute atomic E-state index is 0.230. The molecule has 2 N–H and O–H groups in total. The van der Waals surface area contributed by atoms with Gasteiger partial charge in [0.2, 0.25) is 15.8 Å². The molecule has 29 heavy (non-hydrogen) atoms. The number of primary sulfonamides is 1. The van der Waals surface area contributed by atoms with Gasteiger partial charge >= 0.3 is 6.18 Å². The van der Waals surface area contributed by atoms with E-state index in [2.05, 4.69) is 9.68 Å². The summed E-state index contributed by atoms with van der Waals surface area (Å²) in [5, 5.41) is 8.22. The summed E-state index contributed by atoms with van der Waals surface area (Å²) < 4.78 is 96.0. The molecule has 0 radical (unpaired) electrons. The molecule has 0 bridgehead atoms. The molecule has 0 aliphatic rings. The molecule has 154 valence electrons. The maximum absolute atomic E-state index is 14.3. The van der Waals surface area contributed by atoms with Gasteiger partial charge < -0.3 is 4.52 Å². The number of halogens is 5. The van der Waals surface area contributed by atoms with Crippen LogP contribution in [0.5, 0.6) is 0 Å². The van der Waals surface area contributed by atoms with Crippen LogP contribution in [-0.2, 0) is 16.2 Å². The fourth-order valence-electron chi connectivity index (χ4n) is 3.04. The highest BCUT2D eigenvalue weighted by atomic mass is 32.2. The molecule has 0 unspecified atom stereocenters. The molecule has 0 amide bonds. The van der Waals surface area contributed by atoms with Crippen LogP contribution in [0.2, 0.25) is 0 Å². The van der Waals surface area contributed by atoms with Crippen LogP contribution in [0, 0.1) is 25.5 Å². The van der Waals surface area contributed by atoms with Crippen molar-refractivity contribution in [3.63, 3.8) is 0 Å². The van der Waals surface area contributed by atoms with Crippen LogP contribution in [0.4, 0.5) is 22.0 Å².